The second-order valence-electron chi connectivity index (χ2n) is 4.84. The lowest BCUT2D eigenvalue weighted by molar-refractivity contribution is -0.137. The molecule has 0 heterocycles. The summed E-state index contributed by atoms with van der Waals surface area (Å²) in [6, 6.07) is 0. The second-order valence-corrected chi connectivity index (χ2v) is 4.84. The first-order chi connectivity index (χ1) is 8.17. The van der Waals surface area contributed by atoms with Crippen LogP contribution in [-0.2, 0) is 19.1 Å². The molecule has 3 rings (SSSR count). The largest absolute Gasteiger partial charge is 0.466 e. The van der Waals surface area contributed by atoms with Crippen LogP contribution in [0.2, 0.25) is 0 Å². The van der Waals surface area contributed by atoms with Crippen LogP contribution in [0, 0.1) is 23.7 Å². The Bertz CT molecular complexity index is 420. The third-order valence-electron chi connectivity index (χ3n) is 4.06. The van der Waals surface area contributed by atoms with Crippen LogP contribution in [-0.4, -0.2) is 26.2 Å². The Hall–Kier alpha value is -1.58. The first-order valence-corrected chi connectivity index (χ1v) is 5.77. The molecule has 0 saturated heterocycles. The molecule has 0 aliphatic heterocycles. The third kappa shape index (κ3) is 1.36. The standard InChI is InChI=1S/C13H14O4/c1-16-12(14)8-4-6-3-7-10(8)11(7)9(5-6)13(15)17-2/h4-7,10-11H,3H2,1-2H3. The minimum absolute atomic E-state index is 0.173. The molecule has 2 atom stereocenters. The van der Waals surface area contributed by atoms with Gasteiger partial charge in [-0.25, -0.2) is 9.59 Å². The maximum atomic E-state index is 11.6. The summed E-state index contributed by atoms with van der Waals surface area (Å²) < 4.78 is 9.57. The first-order valence-electron chi connectivity index (χ1n) is 5.77. The van der Waals surface area contributed by atoms with E-state index in [1.54, 1.807) is 0 Å². The Kier molecular flexibility index (Phi) is 2.15. The van der Waals surface area contributed by atoms with Gasteiger partial charge in [-0.3, -0.25) is 0 Å². The Morgan fingerprint density at radius 2 is 1.53 bits per heavy atom. The van der Waals surface area contributed by atoms with Crippen molar-refractivity contribution in [1.29, 1.82) is 0 Å². The van der Waals surface area contributed by atoms with Crippen LogP contribution in [0.3, 0.4) is 0 Å². The monoisotopic (exact) mass is 234 g/mol. The van der Waals surface area contributed by atoms with E-state index in [4.69, 9.17) is 9.47 Å². The van der Waals surface area contributed by atoms with E-state index in [2.05, 4.69) is 0 Å². The normalized spacial score (nSPS) is 36.6. The number of fused-ring (bicyclic) bond motifs is 2. The van der Waals surface area contributed by atoms with Crippen LogP contribution in [0.4, 0.5) is 0 Å². The zero-order valence-corrected chi connectivity index (χ0v) is 9.80. The van der Waals surface area contributed by atoms with E-state index in [1.807, 2.05) is 12.2 Å². The first kappa shape index (κ1) is 10.6. The predicted octanol–water partition coefficient (Wildman–Crippen LogP) is 1.08. The van der Waals surface area contributed by atoms with Gasteiger partial charge >= 0.3 is 11.9 Å². The van der Waals surface area contributed by atoms with Gasteiger partial charge in [-0.05, 0) is 18.3 Å². The zero-order chi connectivity index (χ0) is 12.2. The number of rotatable bonds is 2. The Balaban J connectivity index is 1.92. The lowest BCUT2D eigenvalue weighted by atomic mass is 9.87. The van der Waals surface area contributed by atoms with Crippen molar-refractivity contribution in [3.63, 3.8) is 0 Å². The van der Waals surface area contributed by atoms with Gasteiger partial charge in [0.1, 0.15) is 0 Å². The summed E-state index contributed by atoms with van der Waals surface area (Å²) >= 11 is 0. The van der Waals surface area contributed by atoms with Crippen LogP contribution in [0.15, 0.2) is 23.3 Å². The van der Waals surface area contributed by atoms with E-state index in [0.717, 1.165) is 17.6 Å². The summed E-state index contributed by atoms with van der Waals surface area (Å²) in [5.41, 5.74) is 1.49. The maximum Gasteiger partial charge on any atom is 0.333 e. The minimum Gasteiger partial charge on any atom is -0.466 e. The van der Waals surface area contributed by atoms with Gasteiger partial charge in [-0.1, -0.05) is 12.2 Å². The third-order valence-corrected chi connectivity index (χ3v) is 4.06. The van der Waals surface area contributed by atoms with E-state index in [-0.39, 0.29) is 29.7 Å². The van der Waals surface area contributed by atoms with Crippen LogP contribution in [0.25, 0.3) is 0 Å². The maximum absolute atomic E-state index is 11.6. The fraction of sp³-hybridized carbons (Fsp3) is 0.538. The van der Waals surface area contributed by atoms with Gasteiger partial charge in [0.2, 0.25) is 0 Å². The number of hydrogen-bond donors (Lipinski definition) is 0. The molecule has 0 radical (unpaired) electrons. The number of hydrogen-bond acceptors (Lipinski definition) is 4. The Morgan fingerprint density at radius 3 is 1.94 bits per heavy atom. The quantitative estimate of drug-likeness (QED) is 0.671. The molecule has 1 saturated carbocycles. The van der Waals surface area contributed by atoms with Gasteiger partial charge < -0.3 is 9.47 Å². The van der Waals surface area contributed by atoms with Crippen molar-refractivity contribution in [2.75, 3.05) is 14.2 Å². The lowest BCUT2D eigenvalue weighted by Gasteiger charge is -2.18. The second kappa shape index (κ2) is 3.45. The molecule has 0 N–H and O–H groups in total. The molecule has 4 nitrogen and oxygen atoms in total. The van der Waals surface area contributed by atoms with Crippen molar-refractivity contribution < 1.29 is 19.1 Å². The number of allylic oxidation sites excluding steroid dienone is 2. The average Bonchev–Trinajstić information content (AvgIpc) is 3.11. The van der Waals surface area contributed by atoms with Gasteiger partial charge in [-0.2, -0.15) is 0 Å². The van der Waals surface area contributed by atoms with Crippen molar-refractivity contribution in [3.8, 4) is 0 Å². The summed E-state index contributed by atoms with van der Waals surface area (Å²) in [5, 5.41) is 0. The molecular formula is C13H14O4. The zero-order valence-electron chi connectivity index (χ0n) is 9.80. The molecule has 1 fully saturated rings. The smallest absolute Gasteiger partial charge is 0.333 e. The average molecular weight is 234 g/mol. The highest BCUT2D eigenvalue weighted by molar-refractivity contribution is 5.95. The fourth-order valence-corrected chi connectivity index (χ4v) is 3.34. The molecule has 3 aliphatic carbocycles. The van der Waals surface area contributed by atoms with Gasteiger partial charge in [0, 0.05) is 23.0 Å². The van der Waals surface area contributed by atoms with E-state index in [0.29, 0.717) is 5.92 Å². The van der Waals surface area contributed by atoms with Crippen LogP contribution < -0.4 is 0 Å². The van der Waals surface area contributed by atoms with Gasteiger partial charge in [0.25, 0.3) is 0 Å². The summed E-state index contributed by atoms with van der Waals surface area (Å²) in [5.74, 6) is 0.438. The number of carbonyl (C=O) groups is 2. The molecule has 4 heteroatoms. The molecule has 0 amide bonds. The van der Waals surface area contributed by atoms with E-state index < -0.39 is 0 Å². The minimum atomic E-state index is -0.258. The summed E-state index contributed by atoms with van der Waals surface area (Å²) in [6.07, 6.45) is 4.93. The van der Waals surface area contributed by atoms with Gasteiger partial charge in [-0.15, -0.1) is 0 Å². The number of methoxy groups -OCH3 is 2. The van der Waals surface area contributed by atoms with Crippen LogP contribution >= 0.6 is 0 Å². The highest BCUT2D eigenvalue weighted by Gasteiger charge is 2.61. The molecule has 90 valence electrons. The van der Waals surface area contributed by atoms with E-state index in [1.165, 1.54) is 14.2 Å². The van der Waals surface area contributed by atoms with Crippen molar-refractivity contribution in [3.05, 3.63) is 23.3 Å². The number of carbonyl (C=O) groups excluding carboxylic acids is 2. The number of esters is 2. The lowest BCUT2D eigenvalue weighted by Crippen LogP contribution is -2.15. The molecule has 17 heavy (non-hydrogen) atoms. The molecule has 2 unspecified atom stereocenters. The number of ether oxygens (including phenoxy) is 2. The molecule has 3 aliphatic rings. The highest BCUT2D eigenvalue weighted by atomic mass is 16.5. The van der Waals surface area contributed by atoms with E-state index >= 15 is 0 Å². The fourth-order valence-electron chi connectivity index (χ4n) is 3.34. The topological polar surface area (TPSA) is 52.6 Å². The van der Waals surface area contributed by atoms with Crippen molar-refractivity contribution in [2.24, 2.45) is 23.7 Å². The van der Waals surface area contributed by atoms with Gasteiger partial charge in [0.15, 0.2) is 0 Å². The summed E-state index contributed by atoms with van der Waals surface area (Å²) in [7, 11) is 2.79. The Labute approximate surface area is 99.3 Å². The van der Waals surface area contributed by atoms with Crippen LogP contribution in [0.5, 0.6) is 0 Å². The molecule has 0 aromatic heterocycles. The van der Waals surface area contributed by atoms with Crippen molar-refractivity contribution in [2.45, 2.75) is 6.42 Å². The molecule has 0 aromatic carbocycles. The summed E-state index contributed by atoms with van der Waals surface area (Å²) in [4.78, 5) is 23.3. The Morgan fingerprint density at radius 1 is 1.06 bits per heavy atom. The highest BCUT2D eigenvalue weighted by Crippen LogP contribution is 2.63. The SMILES string of the molecule is COC(=O)C1=CC2C=C(C(=O)OC)C3C(C2)C13. The molecule has 0 aromatic rings. The van der Waals surface area contributed by atoms with Crippen molar-refractivity contribution in [1.82, 2.24) is 0 Å². The van der Waals surface area contributed by atoms with Crippen LogP contribution in [0.1, 0.15) is 6.42 Å². The predicted molar refractivity (Wildman–Crippen MR) is 58.8 cm³/mol. The van der Waals surface area contributed by atoms with E-state index in [9.17, 15) is 9.59 Å². The molecule has 0 spiro atoms. The summed E-state index contributed by atoms with van der Waals surface area (Å²) in [6.45, 7) is 0. The molecular weight excluding hydrogens is 220 g/mol. The van der Waals surface area contributed by atoms with Gasteiger partial charge in [0.05, 0.1) is 14.2 Å². The van der Waals surface area contributed by atoms with Crippen molar-refractivity contribution >= 4 is 11.9 Å². The molecule has 2 bridgehead atoms.